The van der Waals surface area contributed by atoms with Gasteiger partial charge in [0, 0.05) is 43.8 Å². The quantitative estimate of drug-likeness (QED) is 0.555. The second-order valence-corrected chi connectivity index (χ2v) is 8.16. The third-order valence-electron chi connectivity index (χ3n) is 5.71. The molecular weight excluding hydrogens is 445 g/mol. The molecule has 0 bridgehead atoms. The van der Waals surface area contributed by atoms with Gasteiger partial charge in [-0.1, -0.05) is 11.6 Å². The zero-order valence-electron chi connectivity index (χ0n) is 17.6. The number of aryl methyl sites for hydroxylation is 1. The summed E-state index contributed by atoms with van der Waals surface area (Å²) < 4.78 is 46.0. The highest BCUT2D eigenvalue weighted by Gasteiger charge is 2.33. The van der Waals surface area contributed by atoms with E-state index in [1.807, 2.05) is 36.6 Å². The molecule has 0 spiro atoms. The number of pyridine rings is 1. The first-order valence-electron chi connectivity index (χ1n) is 10.1. The Morgan fingerprint density at radius 3 is 2.50 bits per heavy atom. The van der Waals surface area contributed by atoms with E-state index < -0.39 is 11.7 Å². The number of hydrogen-bond acceptors (Lipinski definition) is 4. The van der Waals surface area contributed by atoms with Gasteiger partial charge in [-0.2, -0.15) is 13.2 Å². The van der Waals surface area contributed by atoms with Crippen LogP contribution in [-0.2, 0) is 12.7 Å². The number of carbonyl (C=O) groups excluding carboxylic acids is 1. The molecule has 10 heteroatoms. The van der Waals surface area contributed by atoms with Gasteiger partial charge in [0.15, 0.2) is 0 Å². The molecule has 3 aromatic heterocycles. The second-order valence-electron chi connectivity index (χ2n) is 7.76. The fourth-order valence-corrected chi connectivity index (χ4v) is 4.22. The zero-order valence-corrected chi connectivity index (χ0v) is 18.4. The van der Waals surface area contributed by atoms with E-state index in [2.05, 4.69) is 4.98 Å². The molecule has 0 aromatic carbocycles. The summed E-state index contributed by atoms with van der Waals surface area (Å²) >= 11 is 6.07. The molecule has 6 nitrogen and oxygen atoms in total. The highest BCUT2D eigenvalue weighted by Crippen LogP contribution is 2.33. The number of hydrogen-bond donors (Lipinski definition) is 0. The first-order chi connectivity index (χ1) is 15.1. The fourth-order valence-electron chi connectivity index (χ4n) is 3.93. The van der Waals surface area contributed by atoms with Crippen LogP contribution in [0.3, 0.4) is 0 Å². The average molecular weight is 467 g/mol. The van der Waals surface area contributed by atoms with Crippen molar-refractivity contribution in [2.45, 2.75) is 26.6 Å². The van der Waals surface area contributed by atoms with Crippen LogP contribution in [0.4, 0.5) is 19.0 Å². The SMILES string of the molecule is Cc1cc(C(=O)N2CCN(c3ncc(C(F)(F)F)cc3Cl)CC2)c(C)n1Cc1ccco1. The Labute approximate surface area is 188 Å². The first-order valence-corrected chi connectivity index (χ1v) is 10.5. The molecule has 0 atom stereocenters. The maximum Gasteiger partial charge on any atom is 0.417 e. The topological polar surface area (TPSA) is 54.5 Å². The lowest BCUT2D eigenvalue weighted by atomic mass is 10.2. The summed E-state index contributed by atoms with van der Waals surface area (Å²) in [5.74, 6) is 1.03. The maximum absolute atomic E-state index is 13.2. The number of halogens is 4. The Morgan fingerprint density at radius 2 is 1.91 bits per heavy atom. The van der Waals surface area contributed by atoms with Gasteiger partial charge >= 0.3 is 6.18 Å². The van der Waals surface area contributed by atoms with Gasteiger partial charge < -0.3 is 18.8 Å². The van der Waals surface area contributed by atoms with Gasteiger partial charge in [-0.05, 0) is 38.1 Å². The Morgan fingerprint density at radius 1 is 1.19 bits per heavy atom. The van der Waals surface area contributed by atoms with Gasteiger partial charge in [0.2, 0.25) is 0 Å². The Kier molecular flexibility index (Phi) is 5.94. The largest absolute Gasteiger partial charge is 0.467 e. The van der Waals surface area contributed by atoms with Gasteiger partial charge in [-0.3, -0.25) is 4.79 Å². The van der Waals surface area contributed by atoms with Crippen LogP contribution in [0.25, 0.3) is 0 Å². The molecule has 32 heavy (non-hydrogen) atoms. The van der Waals surface area contributed by atoms with Crippen LogP contribution in [0.15, 0.2) is 41.1 Å². The highest BCUT2D eigenvalue weighted by molar-refractivity contribution is 6.33. The number of alkyl halides is 3. The Hall–Kier alpha value is -2.94. The molecule has 1 aliphatic rings. The maximum atomic E-state index is 13.2. The van der Waals surface area contributed by atoms with Gasteiger partial charge in [0.1, 0.15) is 11.6 Å². The molecule has 0 unspecified atom stereocenters. The van der Waals surface area contributed by atoms with Crippen LogP contribution in [0.5, 0.6) is 0 Å². The van der Waals surface area contributed by atoms with Crippen molar-refractivity contribution in [2.24, 2.45) is 0 Å². The van der Waals surface area contributed by atoms with Crippen LogP contribution < -0.4 is 4.90 Å². The van der Waals surface area contributed by atoms with Crippen molar-refractivity contribution in [1.82, 2.24) is 14.5 Å². The van der Waals surface area contributed by atoms with E-state index in [1.165, 1.54) is 0 Å². The molecule has 4 rings (SSSR count). The van der Waals surface area contributed by atoms with Crippen molar-refractivity contribution in [3.63, 3.8) is 0 Å². The molecule has 1 aliphatic heterocycles. The van der Waals surface area contributed by atoms with Gasteiger partial charge in [0.25, 0.3) is 5.91 Å². The molecule has 0 aliphatic carbocycles. The number of rotatable bonds is 4. The molecule has 4 heterocycles. The van der Waals surface area contributed by atoms with Gasteiger partial charge in [0.05, 0.1) is 29.0 Å². The number of anilines is 1. The van der Waals surface area contributed by atoms with Crippen molar-refractivity contribution < 1.29 is 22.4 Å². The van der Waals surface area contributed by atoms with Crippen LogP contribution >= 0.6 is 11.6 Å². The molecule has 0 saturated carbocycles. The molecule has 0 N–H and O–H groups in total. The summed E-state index contributed by atoms with van der Waals surface area (Å²) in [5, 5.41) is -0.0546. The number of amides is 1. The molecule has 3 aromatic rings. The minimum Gasteiger partial charge on any atom is -0.467 e. The summed E-state index contributed by atoms with van der Waals surface area (Å²) in [4.78, 5) is 20.6. The normalized spacial score (nSPS) is 14.8. The van der Waals surface area contributed by atoms with Crippen molar-refractivity contribution >= 4 is 23.3 Å². The van der Waals surface area contributed by atoms with E-state index in [0.29, 0.717) is 44.1 Å². The van der Waals surface area contributed by atoms with E-state index in [0.717, 1.165) is 29.4 Å². The number of piperazine rings is 1. The highest BCUT2D eigenvalue weighted by atomic mass is 35.5. The molecule has 1 amide bonds. The van der Waals surface area contributed by atoms with E-state index in [4.69, 9.17) is 16.0 Å². The van der Waals surface area contributed by atoms with Crippen molar-refractivity contribution in [3.8, 4) is 0 Å². The lowest BCUT2D eigenvalue weighted by Gasteiger charge is -2.35. The number of aromatic nitrogens is 2. The van der Waals surface area contributed by atoms with Crippen molar-refractivity contribution in [3.05, 3.63) is 70.0 Å². The monoisotopic (exact) mass is 466 g/mol. The van der Waals surface area contributed by atoms with Crippen LogP contribution in [0.1, 0.15) is 33.1 Å². The second kappa shape index (κ2) is 8.54. The fraction of sp³-hybridized carbons (Fsp3) is 0.364. The van der Waals surface area contributed by atoms with E-state index in [9.17, 15) is 18.0 Å². The minimum atomic E-state index is -4.50. The predicted molar refractivity (Wildman–Crippen MR) is 114 cm³/mol. The van der Waals surface area contributed by atoms with Crippen LogP contribution in [0.2, 0.25) is 5.02 Å². The molecule has 170 valence electrons. The molecule has 1 fully saturated rings. The zero-order chi connectivity index (χ0) is 23.0. The third kappa shape index (κ3) is 4.34. The van der Waals surface area contributed by atoms with Crippen molar-refractivity contribution in [2.75, 3.05) is 31.1 Å². The van der Waals surface area contributed by atoms with E-state index in [-0.39, 0.29) is 10.9 Å². The predicted octanol–water partition coefficient (Wildman–Crippen LogP) is 4.78. The standard InChI is InChI=1S/C22H22ClF3N4O2/c1-14-10-18(15(2)30(14)13-17-4-3-9-32-17)21(31)29-7-5-28(6-8-29)20-19(23)11-16(12-27-20)22(24,25)26/h3-4,9-12H,5-8,13H2,1-2H3. The summed E-state index contributed by atoms with van der Waals surface area (Å²) in [7, 11) is 0. The number of furan rings is 1. The molecule has 1 saturated heterocycles. The number of carbonyl (C=O) groups is 1. The first kappa shape index (κ1) is 22.3. The van der Waals surface area contributed by atoms with Gasteiger partial charge in [-0.15, -0.1) is 0 Å². The Bertz CT molecular complexity index is 1120. The summed E-state index contributed by atoms with van der Waals surface area (Å²) in [6.07, 6.45) is -2.09. The summed E-state index contributed by atoms with van der Waals surface area (Å²) in [6, 6.07) is 6.48. The summed E-state index contributed by atoms with van der Waals surface area (Å²) in [6.45, 7) is 6.08. The smallest absolute Gasteiger partial charge is 0.417 e. The van der Waals surface area contributed by atoms with E-state index in [1.54, 1.807) is 16.1 Å². The molecular formula is C22H22ClF3N4O2. The lowest BCUT2D eigenvalue weighted by molar-refractivity contribution is -0.137. The van der Waals surface area contributed by atoms with Crippen molar-refractivity contribution in [1.29, 1.82) is 0 Å². The van der Waals surface area contributed by atoms with Crippen LogP contribution in [-0.4, -0.2) is 46.5 Å². The third-order valence-corrected chi connectivity index (χ3v) is 5.99. The lowest BCUT2D eigenvalue weighted by Crippen LogP contribution is -2.49. The van der Waals surface area contributed by atoms with Crippen LogP contribution in [0, 0.1) is 13.8 Å². The summed E-state index contributed by atoms with van der Waals surface area (Å²) in [5.41, 5.74) is 1.57. The Balaban J connectivity index is 1.44. The minimum absolute atomic E-state index is 0.0546. The molecule has 0 radical (unpaired) electrons. The van der Waals surface area contributed by atoms with E-state index >= 15 is 0 Å². The number of nitrogens with zero attached hydrogens (tertiary/aromatic N) is 4. The van der Waals surface area contributed by atoms with Gasteiger partial charge in [-0.25, -0.2) is 4.98 Å². The average Bonchev–Trinajstić information content (AvgIpc) is 3.36.